The van der Waals surface area contributed by atoms with Crippen LogP contribution in [0.4, 0.5) is 4.39 Å². The van der Waals surface area contributed by atoms with Crippen molar-refractivity contribution >= 4 is 11.6 Å². The van der Waals surface area contributed by atoms with Gasteiger partial charge in [0.2, 0.25) is 0 Å². The summed E-state index contributed by atoms with van der Waals surface area (Å²) >= 11 is 6.12. The van der Waals surface area contributed by atoms with E-state index in [0.717, 1.165) is 6.42 Å². The lowest BCUT2D eigenvalue weighted by atomic mass is 10.2. The van der Waals surface area contributed by atoms with E-state index in [9.17, 15) is 4.39 Å². The molecule has 0 spiro atoms. The number of nitrogens with zero attached hydrogens (tertiary/aromatic N) is 3. The molecule has 1 heterocycles. The second kappa shape index (κ2) is 5.19. The number of hydrogen-bond donors (Lipinski definition) is 0. The zero-order valence-electron chi connectivity index (χ0n) is 9.82. The Morgan fingerprint density at radius 3 is 2.61 bits per heavy atom. The highest BCUT2D eigenvalue weighted by Gasteiger charge is 2.16. The fraction of sp³-hybridized carbons (Fsp3) is 0.231. The van der Waals surface area contributed by atoms with Crippen LogP contribution in [0.2, 0.25) is 5.15 Å². The molecule has 2 aromatic rings. The van der Waals surface area contributed by atoms with Crippen LogP contribution in [0.5, 0.6) is 0 Å². The van der Waals surface area contributed by atoms with Crippen LogP contribution in [0.1, 0.15) is 24.6 Å². The molecule has 0 unspecified atom stereocenters. The zero-order valence-corrected chi connectivity index (χ0v) is 10.6. The fourth-order valence-corrected chi connectivity index (χ4v) is 2.00. The van der Waals surface area contributed by atoms with Gasteiger partial charge in [-0.3, -0.25) is 0 Å². The molecule has 92 valence electrons. The largest absolute Gasteiger partial charge is 0.221 e. The van der Waals surface area contributed by atoms with Gasteiger partial charge in [0.1, 0.15) is 17.4 Å². The fourth-order valence-electron chi connectivity index (χ4n) is 1.72. The maximum Gasteiger partial charge on any atom is 0.150 e. The number of benzene rings is 1. The monoisotopic (exact) mass is 263 g/mol. The van der Waals surface area contributed by atoms with Crippen molar-refractivity contribution < 1.29 is 4.39 Å². The Balaban J connectivity index is 2.52. The quantitative estimate of drug-likeness (QED) is 0.851. The first-order valence-corrected chi connectivity index (χ1v) is 5.98. The SMILES string of the molecule is CCCc1nn(-c2ccc(F)cc2)c(Cl)c1C#N. The topological polar surface area (TPSA) is 41.6 Å². The summed E-state index contributed by atoms with van der Waals surface area (Å²) in [4.78, 5) is 0. The van der Waals surface area contributed by atoms with Crippen molar-refractivity contribution in [2.24, 2.45) is 0 Å². The summed E-state index contributed by atoms with van der Waals surface area (Å²) in [5, 5.41) is 13.7. The van der Waals surface area contributed by atoms with Gasteiger partial charge in [0.15, 0.2) is 5.15 Å². The van der Waals surface area contributed by atoms with Crippen LogP contribution in [0.25, 0.3) is 5.69 Å². The molecule has 0 aliphatic carbocycles. The Kier molecular flexibility index (Phi) is 3.63. The van der Waals surface area contributed by atoms with E-state index >= 15 is 0 Å². The molecule has 0 radical (unpaired) electrons. The van der Waals surface area contributed by atoms with Crippen LogP contribution >= 0.6 is 11.6 Å². The Morgan fingerprint density at radius 2 is 2.06 bits per heavy atom. The predicted octanol–water partition coefficient (Wildman–Crippen LogP) is 3.49. The average Bonchev–Trinajstić information content (AvgIpc) is 2.67. The smallest absolute Gasteiger partial charge is 0.150 e. The maximum atomic E-state index is 12.9. The zero-order chi connectivity index (χ0) is 13.1. The minimum Gasteiger partial charge on any atom is -0.221 e. The molecule has 1 aromatic heterocycles. The lowest BCUT2D eigenvalue weighted by Crippen LogP contribution is -1.97. The minimum atomic E-state index is -0.323. The molecule has 0 amide bonds. The Morgan fingerprint density at radius 1 is 1.39 bits per heavy atom. The Hall–Kier alpha value is -1.86. The molecule has 0 atom stereocenters. The lowest BCUT2D eigenvalue weighted by molar-refractivity contribution is 0.627. The van der Waals surface area contributed by atoms with Crippen molar-refractivity contribution in [2.75, 3.05) is 0 Å². The van der Waals surface area contributed by atoms with E-state index in [1.807, 2.05) is 6.92 Å². The van der Waals surface area contributed by atoms with Crippen LogP contribution in [-0.4, -0.2) is 9.78 Å². The van der Waals surface area contributed by atoms with Gasteiger partial charge in [-0.15, -0.1) is 0 Å². The third-order valence-electron chi connectivity index (χ3n) is 2.57. The number of halogens is 2. The van der Waals surface area contributed by atoms with E-state index in [-0.39, 0.29) is 11.0 Å². The van der Waals surface area contributed by atoms with Gasteiger partial charge >= 0.3 is 0 Å². The van der Waals surface area contributed by atoms with Crippen molar-refractivity contribution in [3.63, 3.8) is 0 Å². The van der Waals surface area contributed by atoms with Crippen LogP contribution in [0.15, 0.2) is 24.3 Å². The normalized spacial score (nSPS) is 10.3. The van der Waals surface area contributed by atoms with E-state index < -0.39 is 0 Å². The maximum absolute atomic E-state index is 12.9. The third-order valence-corrected chi connectivity index (χ3v) is 2.92. The summed E-state index contributed by atoms with van der Waals surface area (Å²) in [7, 11) is 0. The first kappa shape index (κ1) is 12.6. The first-order chi connectivity index (χ1) is 8.67. The first-order valence-electron chi connectivity index (χ1n) is 5.60. The van der Waals surface area contributed by atoms with Crippen LogP contribution in [0, 0.1) is 17.1 Å². The van der Waals surface area contributed by atoms with E-state index in [0.29, 0.717) is 23.4 Å². The minimum absolute atomic E-state index is 0.271. The molecule has 1 aromatic carbocycles. The second-order valence-electron chi connectivity index (χ2n) is 3.86. The van der Waals surface area contributed by atoms with Crippen LogP contribution in [0.3, 0.4) is 0 Å². The van der Waals surface area contributed by atoms with Gasteiger partial charge in [0.25, 0.3) is 0 Å². The molecule has 0 saturated heterocycles. The van der Waals surface area contributed by atoms with Crippen molar-refractivity contribution in [1.29, 1.82) is 5.26 Å². The molecular weight excluding hydrogens is 253 g/mol. The Labute approximate surface area is 109 Å². The van der Waals surface area contributed by atoms with Crippen LogP contribution in [-0.2, 0) is 6.42 Å². The molecule has 0 aliphatic heterocycles. The van der Waals surface area contributed by atoms with Gasteiger partial charge in [-0.05, 0) is 30.7 Å². The molecule has 0 fully saturated rings. The molecule has 0 saturated carbocycles. The van der Waals surface area contributed by atoms with E-state index in [1.54, 1.807) is 12.1 Å². The highest BCUT2D eigenvalue weighted by Crippen LogP contribution is 2.24. The summed E-state index contributed by atoms with van der Waals surface area (Å²) in [6.45, 7) is 2.01. The molecule has 18 heavy (non-hydrogen) atoms. The van der Waals surface area contributed by atoms with Crippen molar-refractivity contribution in [2.45, 2.75) is 19.8 Å². The number of rotatable bonds is 3. The highest BCUT2D eigenvalue weighted by atomic mass is 35.5. The standard InChI is InChI=1S/C13H11ClFN3/c1-2-3-12-11(8-16)13(14)18(17-12)10-6-4-9(15)5-7-10/h4-7H,2-3H2,1H3. The van der Waals surface area contributed by atoms with Gasteiger partial charge in [-0.25, -0.2) is 9.07 Å². The number of hydrogen-bond acceptors (Lipinski definition) is 2. The average molecular weight is 264 g/mol. The summed E-state index contributed by atoms with van der Waals surface area (Å²) in [5.74, 6) is -0.323. The molecule has 2 rings (SSSR count). The molecule has 0 bridgehead atoms. The number of aromatic nitrogens is 2. The highest BCUT2D eigenvalue weighted by molar-refractivity contribution is 6.31. The van der Waals surface area contributed by atoms with E-state index in [4.69, 9.17) is 16.9 Å². The van der Waals surface area contributed by atoms with Gasteiger partial charge in [0, 0.05) is 0 Å². The molecule has 5 heteroatoms. The van der Waals surface area contributed by atoms with Crippen molar-refractivity contribution in [3.8, 4) is 11.8 Å². The predicted molar refractivity (Wildman–Crippen MR) is 67.2 cm³/mol. The van der Waals surface area contributed by atoms with Gasteiger partial charge < -0.3 is 0 Å². The summed E-state index contributed by atoms with van der Waals surface area (Å²) in [6, 6.07) is 7.87. The third kappa shape index (κ3) is 2.22. The Bertz CT molecular complexity index is 596. The lowest BCUT2D eigenvalue weighted by Gasteiger charge is -2.02. The number of aryl methyl sites for hydroxylation is 1. The van der Waals surface area contributed by atoms with E-state index in [1.165, 1.54) is 16.8 Å². The number of nitriles is 1. The van der Waals surface area contributed by atoms with Crippen molar-refractivity contribution in [1.82, 2.24) is 9.78 Å². The molecule has 0 aliphatic rings. The summed E-state index contributed by atoms with van der Waals surface area (Å²) in [6.07, 6.45) is 1.57. The summed E-state index contributed by atoms with van der Waals surface area (Å²) in [5.41, 5.74) is 1.71. The van der Waals surface area contributed by atoms with Crippen molar-refractivity contribution in [3.05, 3.63) is 46.5 Å². The molecular formula is C13H11ClFN3. The molecule has 0 N–H and O–H groups in total. The van der Waals surface area contributed by atoms with Gasteiger partial charge in [0.05, 0.1) is 11.4 Å². The molecule has 3 nitrogen and oxygen atoms in total. The summed E-state index contributed by atoms with van der Waals surface area (Å²) < 4.78 is 14.3. The van der Waals surface area contributed by atoms with Gasteiger partial charge in [-0.1, -0.05) is 24.9 Å². The van der Waals surface area contributed by atoms with Crippen LogP contribution < -0.4 is 0 Å². The second-order valence-corrected chi connectivity index (χ2v) is 4.22. The van der Waals surface area contributed by atoms with Gasteiger partial charge in [-0.2, -0.15) is 10.4 Å². The van der Waals surface area contributed by atoms with E-state index in [2.05, 4.69) is 11.2 Å².